The van der Waals surface area contributed by atoms with Crippen LogP contribution in [0, 0.1) is 18.7 Å². The summed E-state index contributed by atoms with van der Waals surface area (Å²) in [5, 5.41) is 0. The number of carbonyl (C=O) groups excluding carboxylic acids is 2. The van der Waals surface area contributed by atoms with Gasteiger partial charge in [-0.1, -0.05) is 6.07 Å². The first-order valence-corrected chi connectivity index (χ1v) is 13.6. The van der Waals surface area contributed by atoms with E-state index in [1.54, 1.807) is 17.9 Å². The van der Waals surface area contributed by atoms with Gasteiger partial charge in [0.1, 0.15) is 17.4 Å². The number of hydrogen-bond acceptors (Lipinski definition) is 5. The highest BCUT2D eigenvalue weighted by atomic mass is 19.4. The Kier molecular flexibility index (Phi) is 8.59. The Balaban J connectivity index is 1.83. The molecule has 0 bridgehead atoms. The van der Waals surface area contributed by atoms with Crippen molar-refractivity contribution in [3.05, 3.63) is 76.7 Å². The summed E-state index contributed by atoms with van der Waals surface area (Å²) < 4.78 is 95.6. The number of Topliss-reactive ketones (excluding diaryl/α,β-unsaturated/α-hetero) is 1. The summed E-state index contributed by atoms with van der Waals surface area (Å²) in [5.41, 5.74) is 2.45. The molecule has 13 heteroatoms. The van der Waals surface area contributed by atoms with Gasteiger partial charge >= 0.3 is 12.4 Å². The number of alkyl halides is 6. The fourth-order valence-corrected chi connectivity index (χ4v) is 5.50. The van der Waals surface area contributed by atoms with Crippen LogP contribution in [0.2, 0.25) is 0 Å². The molecule has 1 saturated heterocycles. The number of anilines is 2. The number of nitrogens with zero attached hydrogens (tertiary/aromatic N) is 3. The predicted octanol–water partition coefficient (Wildman–Crippen LogP) is 6.87. The highest BCUT2D eigenvalue weighted by Crippen LogP contribution is 2.42. The van der Waals surface area contributed by atoms with E-state index in [2.05, 4.69) is 4.98 Å². The van der Waals surface area contributed by atoms with Crippen molar-refractivity contribution in [2.75, 3.05) is 23.4 Å². The van der Waals surface area contributed by atoms with E-state index in [4.69, 9.17) is 5.73 Å². The molecule has 1 aliphatic rings. The van der Waals surface area contributed by atoms with Crippen LogP contribution in [0.1, 0.15) is 49.4 Å². The zero-order valence-electron chi connectivity index (χ0n) is 24.6. The van der Waals surface area contributed by atoms with Crippen LogP contribution in [0.4, 0.5) is 42.2 Å². The van der Waals surface area contributed by atoms with Crippen molar-refractivity contribution < 1.29 is 40.3 Å². The van der Waals surface area contributed by atoms with Crippen LogP contribution in [0.5, 0.6) is 0 Å². The van der Waals surface area contributed by atoms with Gasteiger partial charge in [-0.3, -0.25) is 9.59 Å². The topological polar surface area (TPSA) is 79.5 Å². The van der Waals surface area contributed by atoms with Gasteiger partial charge in [0.15, 0.2) is 0 Å². The van der Waals surface area contributed by atoms with E-state index in [0.29, 0.717) is 47.6 Å². The maximum atomic E-state index is 14.0. The minimum atomic E-state index is -5.09. The molecule has 0 aliphatic carbocycles. The Morgan fingerprint density at radius 1 is 0.932 bits per heavy atom. The molecular formula is C31H31F7N4O2. The maximum Gasteiger partial charge on any atom is 0.416 e. The lowest BCUT2D eigenvalue weighted by Gasteiger charge is -2.32. The molecule has 44 heavy (non-hydrogen) atoms. The Bertz CT molecular complexity index is 1570. The summed E-state index contributed by atoms with van der Waals surface area (Å²) >= 11 is 0. The van der Waals surface area contributed by atoms with Crippen LogP contribution < -0.4 is 15.5 Å². The van der Waals surface area contributed by atoms with Crippen molar-refractivity contribution in [2.24, 2.45) is 11.7 Å². The number of rotatable bonds is 6. The number of hydrogen-bond donors (Lipinski definition) is 1. The first-order valence-electron chi connectivity index (χ1n) is 13.6. The van der Waals surface area contributed by atoms with E-state index < -0.39 is 58.3 Å². The summed E-state index contributed by atoms with van der Waals surface area (Å²) in [7, 11) is 1.33. The van der Waals surface area contributed by atoms with Crippen molar-refractivity contribution in [2.45, 2.75) is 58.0 Å². The van der Waals surface area contributed by atoms with E-state index >= 15 is 0 Å². The van der Waals surface area contributed by atoms with Crippen molar-refractivity contribution in [3.8, 4) is 11.1 Å². The number of benzene rings is 2. The monoisotopic (exact) mass is 624 g/mol. The molecule has 0 spiro atoms. The van der Waals surface area contributed by atoms with Crippen molar-refractivity contribution in [1.29, 1.82) is 0 Å². The van der Waals surface area contributed by atoms with Crippen LogP contribution in [0.25, 0.3) is 11.1 Å². The van der Waals surface area contributed by atoms with Crippen LogP contribution in [0.3, 0.4) is 0 Å². The van der Waals surface area contributed by atoms with Crippen molar-refractivity contribution in [1.82, 2.24) is 4.98 Å². The van der Waals surface area contributed by atoms with Crippen molar-refractivity contribution in [3.63, 3.8) is 0 Å². The summed E-state index contributed by atoms with van der Waals surface area (Å²) in [5.74, 6) is -1.47. The van der Waals surface area contributed by atoms with Gasteiger partial charge in [0, 0.05) is 19.2 Å². The number of pyridine rings is 1. The Labute approximate surface area is 249 Å². The lowest BCUT2D eigenvalue weighted by Crippen LogP contribution is -2.43. The Morgan fingerprint density at radius 2 is 1.50 bits per heavy atom. The fraction of sp³-hybridized carbons (Fsp3) is 0.387. The normalized spacial score (nSPS) is 17.6. The van der Waals surface area contributed by atoms with Gasteiger partial charge < -0.3 is 15.5 Å². The molecule has 236 valence electrons. The Hall–Kier alpha value is -4.00. The number of aryl methyl sites for hydroxylation is 1. The number of amides is 1. The average Bonchev–Trinajstić information content (AvgIpc) is 3.32. The summed E-state index contributed by atoms with van der Waals surface area (Å²) in [4.78, 5) is 33.3. The first kappa shape index (κ1) is 32.9. The standard InChI is InChI=1S/C31H31F7N4O2/c1-16-10-21(32)6-7-22(16)24-14-26(42-9-8-23(17(2)43)27(42)39)40-15-25(24)41(5)28(44)29(3,4)18-11-19(30(33,34)35)13-20(12-18)31(36,37)38/h6-7,10-15,23,27H,8-9,39H2,1-5H3. The number of nitrogens with two attached hydrogens (primary N) is 1. The molecule has 0 radical (unpaired) electrons. The molecule has 1 aliphatic heterocycles. The third kappa shape index (κ3) is 6.28. The van der Waals surface area contributed by atoms with Gasteiger partial charge in [-0.2, -0.15) is 26.3 Å². The third-order valence-corrected chi connectivity index (χ3v) is 8.13. The highest BCUT2D eigenvalue weighted by Gasteiger charge is 2.42. The molecule has 4 rings (SSSR count). The third-order valence-electron chi connectivity index (χ3n) is 8.13. The second-order valence-electron chi connectivity index (χ2n) is 11.5. The number of carbonyl (C=O) groups is 2. The SMILES string of the molecule is CC(=O)C1CCN(c2cc(-c3ccc(F)cc3C)c(N(C)C(=O)C(C)(C)c3cc(C(F)(F)F)cc(C(F)(F)F)c3)cn2)C1N. The van der Waals surface area contributed by atoms with Crippen LogP contribution in [0.15, 0.2) is 48.7 Å². The molecule has 2 N–H and O–H groups in total. The molecule has 2 unspecified atom stereocenters. The quantitative estimate of drug-likeness (QED) is 0.303. The highest BCUT2D eigenvalue weighted by molar-refractivity contribution is 6.03. The molecular weight excluding hydrogens is 593 g/mol. The van der Waals surface area contributed by atoms with E-state index in [1.165, 1.54) is 52.2 Å². The minimum absolute atomic E-state index is 0.00551. The molecule has 2 heterocycles. The maximum absolute atomic E-state index is 14.0. The average molecular weight is 625 g/mol. The fourth-order valence-electron chi connectivity index (χ4n) is 5.50. The number of halogens is 7. The first-order chi connectivity index (χ1) is 20.2. The molecule has 3 aromatic rings. The summed E-state index contributed by atoms with van der Waals surface area (Å²) in [6.45, 7) is 5.97. The van der Waals surface area contributed by atoms with E-state index in [0.717, 1.165) is 4.90 Å². The lowest BCUT2D eigenvalue weighted by atomic mass is 9.81. The van der Waals surface area contributed by atoms with Gasteiger partial charge in [-0.05, 0) is 87.2 Å². The van der Waals surface area contributed by atoms with Gasteiger partial charge in [-0.25, -0.2) is 9.37 Å². The largest absolute Gasteiger partial charge is 0.416 e. The zero-order chi connectivity index (χ0) is 32.9. The predicted molar refractivity (Wildman–Crippen MR) is 151 cm³/mol. The number of likely N-dealkylation sites (N-methyl/N-ethyl adjacent to an activating group) is 1. The summed E-state index contributed by atoms with van der Waals surface area (Å²) in [6, 6.07) is 6.67. The van der Waals surface area contributed by atoms with Gasteiger partial charge in [0.25, 0.3) is 0 Å². The van der Waals surface area contributed by atoms with Gasteiger partial charge in [-0.15, -0.1) is 0 Å². The summed E-state index contributed by atoms with van der Waals surface area (Å²) in [6.07, 6.45) is -9.02. The second-order valence-corrected chi connectivity index (χ2v) is 11.5. The van der Waals surface area contributed by atoms with Gasteiger partial charge in [0.2, 0.25) is 5.91 Å². The minimum Gasteiger partial charge on any atom is -0.341 e. The Morgan fingerprint density at radius 3 is 2.00 bits per heavy atom. The van der Waals surface area contributed by atoms with Crippen LogP contribution in [-0.2, 0) is 27.4 Å². The van der Waals surface area contributed by atoms with E-state index in [-0.39, 0.29) is 17.5 Å². The molecule has 1 amide bonds. The molecule has 6 nitrogen and oxygen atoms in total. The van der Waals surface area contributed by atoms with Crippen LogP contribution >= 0.6 is 0 Å². The van der Waals surface area contributed by atoms with Crippen LogP contribution in [-0.4, -0.2) is 36.4 Å². The molecule has 0 saturated carbocycles. The van der Waals surface area contributed by atoms with E-state index in [9.17, 15) is 40.3 Å². The second kappa shape index (κ2) is 11.5. The smallest absolute Gasteiger partial charge is 0.341 e. The van der Waals surface area contributed by atoms with E-state index in [1.807, 2.05) is 0 Å². The van der Waals surface area contributed by atoms with Crippen molar-refractivity contribution >= 4 is 23.2 Å². The van der Waals surface area contributed by atoms with Gasteiger partial charge in [0.05, 0.1) is 40.5 Å². The number of ketones is 1. The zero-order valence-corrected chi connectivity index (χ0v) is 24.6. The molecule has 1 aromatic heterocycles. The molecule has 2 atom stereocenters. The lowest BCUT2D eigenvalue weighted by molar-refractivity contribution is -0.143. The number of aromatic nitrogens is 1. The molecule has 1 fully saturated rings. The molecule has 2 aromatic carbocycles.